The first-order valence-corrected chi connectivity index (χ1v) is 12.8. The van der Waals surface area contributed by atoms with Gasteiger partial charge in [-0.2, -0.15) is 9.97 Å². The zero-order valence-corrected chi connectivity index (χ0v) is 22.0. The summed E-state index contributed by atoms with van der Waals surface area (Å²) in [7, 11) is 5.37. The number of aromatic nitrogens is 3. The molecular formula is C27H30ClFN6O2. The van der Waals surface area contributed by atoms with Gasteiger partial charge in [-0.3, -0.25) is 9.78 Å². The predicted octanol–water partition coefficient (Wildman–Crippen LogP) is 4.14. The second-order valence-electron chi connectivity index (χ2n) is 9.67. The fourth-order valence-corrected chi connectivity index (χ4v) is 5.01. The second-order valence-corrected chi connectivity index (χ2v) is 10.1. The van der Waals surface area contributed by atoms with E-state index in [1.165, 1.54) is 7.11 Å². The van der Waals surface area contributed by atoms with Gasteiger partial charge < -0.3 is 19.4 Å². The maximum absolute atomic E-state index is 16.0. The molecule has 3 aromatic rings. The van der Waals surface area contributed by atoms with Gasteiger partial charge in [-0.05, 0) is 44.5 Å². The van der Waals surface area contributed by atoms with Crippen LogP contribution in [-0.2, 0) is 4.79 Å². The lowest BCUT2D eigenvalue weighted by Crippen LogP contribution is -2.48. The molecule has 1 saturated heterocycles. The van der Waals surface area contributed by atoms with Crippen LogP contribution in [0.4, 0.5) is 10.2 Å². The van der Waals surface area contributed by atoms with Crippen molar-refractivity contribution in [1.29, 1.82) is 0 Å². The molecule has 1 aliphatic carbocycles. The van der Waals surface area contributed by atoms with Crippen molar-refractivity contribution in [3.8, 4) is 17.3 Å². The lowest BCUT2D eigenvalue weighted by Gasteiger charge is -2.35. The van der Waals surface area contributed by atoms with Crippen molar-refractivity contribution in [2.45, 2.75) is 18.8 Å². The summed E-state index contributed by atoms with van der Waals surface area (Å²) in [6, 6.07) is 5.59. The number of anilines is 1. The van der Waals surface area contributed by atoms with E-state index in [1.54, 1.807) is 17.2 Å². The Morgan fingerprint density at radius 2 is 1.97 bits per heavy atom. The zero-order chi connectivity index (χ0) is 26.1. The molecule has 0 bridgehead atoms. The normalized spacial score (nSPS) is 16.3. The molecule has 2 aromatic heterocycles. The van der Waals surface area contributed by atoms with Gasteiger partial charge in [-0.25, -0.2) is 4.39 Å². The number of rotatable bonds is 7. The highest BCUT2D eigenvalue weighted by molar-refractivity contribution is 6.31. The van der Waals surface area contributed by atoms with Crippen molar-refractivity contribution >= 4 is 34.2 Å². The summed E-state index contributed by atoms with van der Waals surface area (Å²) >= 11 is 6.50. The van der Waals surface area contributed by atoms with E-state index in [0.29, 0.717) is 60.4 Å². The van der Waals surface area contributed by atoms with Crippen LogP contribution in [0, 0.1) is 5.82 Å². The van der Waals surface area contributed by atoms with Crippen LogP contribution >= 0.6 is 11.6 Å². The minimum Gasteiger partial charge on any atom is -0.467 e. The number of methoxy groups -OCH3 is 1. The summed E-state index contributed by atoms with van der Waals surface area (Å²) in [6.07, 6.45) is 7.17. The first kappa shape index (κ1) is 25.4. The molecule has 5 rings (SSSR count). The Kier molecular flexibility index (Phi) is 7.26. The number of pyridine rings is 1. The van der Waals surface area contributed by atoms with Gasteiger partial charge in [-0.1, -0.05) is 29.8 Å². The highest BCUT2D eigenvalue weighted by Crippen LogP contribution is 2.48. The van der Waals surface area contributed by atoms with E-state index in [9.17, 15) is 4.79 Å². The minimum absolute atomic E-state index is 0.0167. The average molecular weight is 525 g/mol. The van der Waals surface area contributed by atoms with Gasteiger partial charge in [0.2, 0.25) is 5.91 Å². The van der Waals surface area contributed by atoms with E-state index in [0.717, 1.165) is 18.4 Å². The molecule has 2 fully saturated rings. The summed E-state index contributed by atoms with van der Waals surface area (Å²) in [6.45, 7) is 2.86. The highest BCUT2D eigenvalue weighted by Gasteiger charge is 2.31. The van der Waals surface area contributed by atoms with Gasteiger partial charge in [0.1, 0.15) is 17.0 Å². The minimum atomic E-state index is -0.525. The molecule has 194 valence electrons. The van der Waals surface area contributed by atoms with E-state index in [-0.39, 0.29) is 23.1 Å². The van der Waals surface area contributed by atoms with E-state index in [2.05, 4.69) is 15.0 Å². The molecule has 0 atom stereocenters. The topological polar surface area (TPSA) is 74.7 Å². The standard InChI is InChI=1S/C27H30ClFN6O2/c1-33(2)11-5-8-21(36)34-12-14-35(15-13-34)26-19-16-30-24(23(29)25(19)31-27(32-26)37-3)18-6-4-7-20(28)22(18)17-9-10-17/h4-8,16-17H,9-15H2,1-3H3/b8-5+. The number of benzene rings is 1. The van der Waals surface area contributed by atoms with E-state index in [4.69, 9.17) is 16.3 Å². The molecule has 0 radical (unpaired) electrons. The molecule has 0 spiro atoms. The summed E-state index contributed by atoms with van der Waals surface area (Å²) < 4.78 is 21.4. The molecular weight excluding hydrogens is 495 g/mol. The van der Waals surface area contributed by atoms with Crippen LogP contribution in [0.3, 0.4) is 0 Å². The second kappa shape index (κ2) is 10.6. The van der Waals surface area contributed by atoms with Crippen molar-refractivity contribution in [3.63, 3.8) is 0 Å². The SMILES string of the molecule is COc1nc(N2CCN(C(=O)/C=C/CN(C)C)CC2)c2cnc(-c3cccc(Cl)c3C3CC3)c(F)c2n1. The maximum Gasteiger partial charge on any atom is 0.318 e. The third-order valence-electron chi connectivity index (χ3n) is 6.74. The van der Waals surface area contributed by atoms with E-state index in [1.807, 2.05) is 48.2 Å². The third kappa shape index (κ3) is 5.24. The van der Waals surface area contributed by atoms with Crippen LogP contribution < -0.4 is 9.64 Å². The zero-order valence-electron chi connectivity index (χ0n) is 21.2. The molecule has 0 N–H and O–H groups in total. The summed E-state index contributed by atoms with van der Waals surface area (Å²) in [4.78, 5) is 31.8. The van der Waals surface area contributed by atoms with Gasteiger partial charge in [-0.15, -0.1) is 0 Å². The molecule has 1 saturated carbocycles. The molecule has 1 aliphatic heterocycles. The van der Waals surface area contributed by atoms with Crippen LogP contribution in [-0.4, -0.2) is 84.6 Å². The number of carbonyl (C=O) groups is 1. The number of amides is 1. The number of likely N-dealkylation sites (N-methyl/N-ethyl adjacent to an activating group) is 1. The van der Waals surface area contributed by atoms with Crippen molar-refractivity contribution in [2.24, 2.45) is 0 Å². The fourth-order valence-electron chi connectivity index (χ4n) is 4.68. The monoisotopic (exact) mass is 524 g/mol. The Balaban J connectivity index is 1.45. The van der Waals surface area contributed by atoms with Crippen molar-refractivity contribution in [3.05, 3.63) is 53.0 Å². The van der Waals surface area contributed by atoms with Gasteiger partial charge in [0.05, 0.1) is 12.5 Å². The maximum atomic E-state index is 16.0. The number of ether oxygens (including phenoxy) is 1. The average Bonchev–Trinajstić information content (AvgIpc) is 3.73. The Labute approximate surface area is 220 Å². The van der Waals surface area contributed by atoms with Crippen LogP contribution in [0.2, 0.25) is 5.02 Å². The molecule has 10 heteroatoms. The third-order valence-corrected chi connectivity index (χ3v) is 7.07. The van der Waals surface area contributed by atoms with E-state index < -0.39 is 5.82 Å². The molecule has 3 heterocycles. The number of fused-ring (bicyclic) bond motifs is 1. The molecule has 2 aliphatic rings. The lowest BCUT2D eigenvalue weighted by atomic mass is 9.99. The molecule has 1 aromatic carbocycles. The Bertz CT molecular complexity index is 1350. The van der Waals surface area contributed by atoms with Crippen molar-refractivity contribution < 1.29 is 13.9 Å². The number of piperazine rings is 1. The Morgan fingerprint density at radius 1 is 1.22 bits per heavy atom. The quantitative estimate of drug-likeness (QED) is 0.430. The van der Waals surface area contributed by atoms with Crippen LogP contribution in [0.25, 0.3) is 22.2 Å². The van der Waals surface area contributed by atoms with Gasteiger partial charge in [0.25, 0.3) is 0 Å². The molecule has 8 nitrogen and oxygen atoms in total. The number of hydrogen-bond donors (Lipinski definition) is 0. The Hall–Kier alpha value is -3.30. The van der Waals surface area contributed by atoms with Crippen molar-refractivity contribution in [1.82, 2.24) is 24.8 Å². The van der Waals surface area contributed by atoms with Gasteiger partial charge in [0.15, 0.2) is 5.82 Å². The fraction of sp³-hybridized carbons (Fsp3) is 0.407. The van der Waals surface area contributed by atoms with Crippen LogP contribution in [0.1, 0.15) is 24.3 Å². The summed E-state index contributed by atoms with van der Waals surface area (Å²) in [5, 5.41) is 1.13. The molecule has 1 amide bonds. The van der Waals surface area contributed by atoms with Crippen molar-refractivity contribution in [2.75, 3.05) is 58.8 Å². The Morgan fingerprint density at radius 3 is 2.65 bits per heavy atom. The number of halogens is 2. The molecule has 37 heavy (non-hydrogen) atoms. The number of carbonyl (C=O) groups excluding carboxylic acids is 1. The van der Waals surface area contributed by atoms with Gasteiger partial charge >= 0.3 is 6.01 Å². The van der Waals surface area contributed by atoms with Crippen LogP contribution in [0.5, 0.6) is 6.01 Å². The smallest absolute Gasteiger partial charge is 0.318 e. The number of hydrogen-bond acceptors (Lipinski definition) is 7. The number of nitrogens with zero attached hydrogens (tertiary/aromatic N) is 6. The molecule has 0 unspecified atom stereocenters. The first-order chi connectivity index (χ1) is 17.9. The van der Waals surface area contributed by atoms with E-state index >= 15 is 4.39 Å². The summed E-state index contributed by atoms with van der Waals surface area (Å²) in [5.74, 6) is 0.330. The van der Waals surface area contributed by atoms with Crippen LogP contribution in [0.15, 0.2) is 36.5 Å². The summed E-state index contributed by atoms with van der Waals surface area (Å²) in [5.41, 5.74) is 2.02. The predicted molar refractivity (Wildman–Crippen MR) is 143 cm³/mol. The largest absolute Gasteiger partial charge is 0.467 e. The lowest BCUT2D eigenvalue weighted by molar-refractivity contribution is -0.126. The highest BCUT2D eigenvalue weighted by atomic mass is 35.5. The first-order valence-electron chi connectivity index (χ1n) is 12.4. The van der Waals surface area contributed by atoms with Gasteiger partial charge in [0, 0.05) is 55.6 Å².